The molecule has 24 heavy (non-hydrogen) atoms. The molecule has 3 aliphatic heterocycles. The van der Waals surface area contributed by atoms with Crippen LogP contribution >= 0.6 is 11.3 Å². The maximum atomic E-state index is 13.2. The number of carbonyl (C=O) groups excluding carboxylic acids is 1. The molecule has 5 rings (SSSR count). The molecule has 1 atom stereocenters. The minimum Gasteiger partial charge on any atom is -0.445 e. The van der Waals surface area contributed by atoms with Crippen LogP contribution in [0.25, 0.3) is 0 Å². The first-order valence-corrected chi connectivity index (χ1v) is 8.91. The SMILES string of the molecule is O=C(N[C@H]1CN2CCC1CC2)c1ncc(Oc2cccc(F)c2)s1. The van der Waals surface area contributed by atoms with Gasteiger partial charge in [-0.1, -0.05) is 17.4 Å². The number of hydrogen-bond donors (Lipinski definition) is 1. The van der Waals surface area contributed by atoms with Crippen LogP contribution in [0.3, 0.4) is 0 Å². The number of benzene rings is 1. The van der Waals surface area contributed by atoms with Gasteiger partial charge in [0.25, 0.3) is 5.91 Å². The second kappa shape index (κ2) is 6.49. The number of thiazole rings is 1. The Morgan fingerprint density at radius 3 is 2.92 bits per heavy atom. The van der Waals surface area contributed by atoms with E-state index >= 15 is 0 Å². The van der Waals surface area contributed by atoms with Crippen molar-refractivity contribution in [2.45, 2.75) is 18.9 Å². The fourth-order valence-corrected chi connectivity index (χ4v) is 4.11. The average molecular weight is 347 g/mol. The number of rotatable bonds is 4. The fourth-order valence-electron chi connectivity index (χ4n) is 3.42. The lowest BCUT2D eigenvalue weighted by atomic mass is 9.84. The minimum atomic E-state index is -0.364. The van der Waals surface area contributed by atoms with Gasteiger partial charge in [-0.25, -0.2) is 9.37 Å². The van der Waals surface area contributed by atoms with Crippen LogP contribution in [0.2, 0.25) is 0 Å². The highest BCUT2D eigenvalue weighted by atomic mass is 32.1. The molecule has 5 nitrogen and oxygen atoms in total. The number of piperidine rings is 3. The van der Waals surface area contributed by atoms with E-state index in [0.717, 1.165) is 32.5 Å². The standard InChI is InChI=1S/C17H18FN3O2S/c18-12-2-1-3-13(8-12)23-15-9-19-17(24-15)16(22)20-14-10-21-6-4-11(14)5-7-21/h1-3,8-9,11,14H,4-7,10H2,(H,20,22)/t14-/m0/s1. The summed E-state index contributed by atoms with van der Waals surface area (Å²) in [5, 5.41) is 3.95. The Hall–Kier alpha value is -1.99. The van der Waals surface area contributed by atoms with E-state index in [0.29, 0.717) is 21.7 Å². The Labute approximate surface area is 143 Å². The normalized spacial score (nSPS) is 25.5. The van der Waals surface area contributed by atoms with Gasteiger partial charge in [0, 0.05) is 18.7 Å². The molecule has 0 spiro atoms. The highest BCUT2D eigenvalue weighted by Crippen LogP contribution is 2.30. The number of nitrogens with zero attached hydrogens (tertiary/aromatic N) is 2. The van der Waals surface area contributed by atoms with Gasteiger partial charge in [-0.05, 0) is 44.0 Å². The lowest BCUT2D eigenvalue weighted by Crippen LogP contribution is -2.57. The van der Waals surface area contributed by atoms with Crippen LogP contribution in [0.4, 0.5) is 4.39 Å². The molecular weight excluding hydrogens is 329 g/mol. The smallest absolute Gasteiger partial charge is 0.280 e. The maximum absolute atomic E-state index is 13.2. The average Bonchev–Trinajstić information content (AvgIpc) is 3.05. The van der Waals surface area contributed by atoms with E-state index < -0.39 is 0 Å². The van der Waals surface area contributed by atoms with Crippen LogP contribution < -0.4 is 10.1 Å². The summed E-state index contributed by atoms with van der Waals surface area (Å²) in [6, 6.07) is 6.10. The summed E-state index contributed by atoms with van der Waals surface area (Å²) in [5.74, 6) is 0.440. The van der Waals surface area contributed by atoms with Crippen LogP contribution in [-0.2, 0) is 0 Å². The number of carbonyl (C=O) groups is 1. The van der Waals surface area contributed by atoms with Crippen molar-refractivity contribution in [2.75, 3.05) is 19.6 Å². The molecule has 1 aromatic heterocycles. The van der Waals surface area contributed by atoms with Crippen molar-refractivity contribution in [3.05, 3.63) is 41.3 Å². The largest absolute Gasteiger partial charge is 0.445 e. The molecule has 0 saturated carbocycles. The van der Waals surface area contributed by atoms with Gasteiger partial charge < -0.3 is 15.0 Å². The van der Waals surface area contributed by atoms with Gasteiger partial charge in [0.1, 0.15) is 11.6 Å². The third-order valence-corrected chi connectivity index (χ3v) is 5.54. The molecule has 0 radical (unpaired) electrons. The lowest BCUT2D eigenvalue weighted by molar-refractivity contribution is 0.0620. The van der Waals surface area contributed by atoms with Crippen molar-refractivity contribution in [1.82, 2.24) is 15.2 Å². The molecule has 3 saturated heterocycles. The number of hydrogen-bond acceptors (Lipinski definition) is 5. The molecule has 3 aliphatic rings. The lowest BCUT2D eigenvalue weighted by Gasteiger charge is -2.44. The summed E-state index contributed by atoms with van der Waals surface area (Å²) in [5.41, 5.74) is 0. The number of fused-ring (bicyclic) bond motifs is 3. The number of halogens is 1. The molecule has 1 amide bonds. The Morgan fingerprint density at radius 1 is 1.38 bits per heavy atom. The van der Waals surface area contributed by atoms with Crippen molar-refractivity contribution in [3.8, 4) is 10.8 Å². The number of ether oxygens (including phenoxy) is 1. The van der Waals surface area contributed by atoms with Crippen molar-refractivity contribution in [3.63, 3.8) is 0 Å². The van der Waals surface area contributed by atoms with E-state index in [1.54, 1.807) is 12.1 Å². The monoisotopic (exact) mass is 347 g/mol. The summed E-state index contributed by atoms with van der Waals surface area (Å²) in [6.45, 7) is 3.20. The number of amides is 1. The zero-order valence-corrected chi connectivity index (χ0v) is 13.9. The summed E-state index contributed by atoms with van der Waals surface area (Å²) >= 11 is 1.17. The van der Waals surface area contributed by atoms with Crippen molar-refractivity contribution >= 4 is 17.2 Å². The third-order valence-electron chi connectivity index (χ3n) is 4.67. The first-order chi connectivity index (χ1) is 11.7. The molecule has 4 heterocycles. The van der Waals surface area contributed by atoms with Gasteiger partial charge in [0.15, 0.2) is 5.01 Å². The van der Waals surface area contributed by atoms with E-state index in [1.807, 2.05) is 0 Å². The van der Waals surface area contributed by atoms with Crippen molar-refractivity contribution in [2.24, 2.45) is 5.92 Å². The summed E-state index contributed by atoms with van der Waals surface area (Å²) in [6.07, 6.45) is 3.80. The predicted octanol–water partition coefficient (Wildman–Crippen LogP) is 2.90. The van der Waals surface area contributed by atoms with Crippen LogP contribution in [-0.4, -0.2) is 41.5 Å². The molecule has 1 aromatic carbocycles. The minimum absolute atomic E-state index is 0.159. The first-order valence-electron chi connectivity index (χ1n) is 8.10. The quantitative estimate of drug-likeness (QED) is 0.924. The molecule has 7 heteroatoms. The van der Waals surface area contributed by atoms with Crippen LogP contribution in [0.1, 0.15) is 22.6 Å². The van der Waals surface area contributed by atoms with Gasteiger partial charge in [0.05, 0.1) is 6.20 Å². The van der Waals surface area contributed by atoms with Gasteiger partial charge in [-0.3, -0.25) is 4.79 Å². The molecule has 0 unspecified atom stereocenters. The molecule has 0 aliphatic carbocycles. The van der Waals surface area contributed by atoms with Crippen molar-refractivity contribution in [1.29, 1.82) is 0 Å². The maximum Gasteiger partial charge on any atom is 0.280 e. The van der Waals surface area contributed by atoms with Gasteiger partial charge in [-0.2, -0.15) is 0 Å². The van der Waals surface area contributed by atoms with E-state index in [2.05, 4.69) is 15.2 Å². The Bertz CT molecular complexity index is 743. The molecule has 1 N–H and O–H groups in total. The van der Waals surface area contributed by atoms with Gasteiger partial charge in [0.2, 0.25) is 5.06 Å². The topological polar surface area (TPSA) is 54.5 Å². The van der Waals surface area contributed by atoms with Crippen LogP contribution in [0.5, 0.6) is 10.8 Å². The predicted molar refractivity (Wildman–Crippen MR) is 89.0 cm³/mol. The highest BCUT2D eigenvalue weighted by molar-refractivity contribution is 7.15. The zero-order chi connectivity index (χ0) is 16.5. The van der Waals surface area contributed by atoms with Gasteiger partial charge in [-0.15, -0.1) is 0 Å². The van der Waals surface area contributed by atoms with E-state index in [4.69, 9.17) is 4.74 Å². The first kappa shape index (κ1) is 15.5. The number of nitrogens with one attached hydrogen (secondary N) is 1. The summed E-state index contributed by atoms with van der Waals surface area (Å²) in [4.78, 5) is 18.9. The van der Waals surface area contributed by atoms with E-state index in [1.165, 1.54) is 29.7 Å². The summed E-state index contributed by atoms with van der Waals surface area (Å²) < 4.78 is 18.7. The zero-order valence-electron chi connectivity index (χ0n) is 13.1. The second-order valence-corrected chi connectivity index (χ2v) is 7.26. The van der Waals surface area contributed by atoms with Crippen LogP contribution in [0, 0.1) is 11.7 Å². The Balaban J connectivity index is 1.40. The molecular formula is C17H18FN3O2S. The molecule has 2 aromatic rings. The fraction of sp³-hybridized carbons (Fsp3) is 0.412. The highest BCUT2D eigenvalue weighted by Gasteiger charge is 2.35. The molecule has 2 bridgehead atoms. The molecule has 3 fully saturated rings. The Morgan fingerprint density at radius 2 is 2.21 bits per heavy atom. The third kappa shape index (κ3) is 3.27. The second-order valence-electron chi connectivity index (χ2n) is 6.26. The van der Waals surface area contributed by atoms with E-state index in [9.17, 15) is 9.18 Å². The summed E-state index contributed by atoms with van der Waals surface area (Å²) in [7, 11) is 0. The Kier molecular flexibility index (Phi) is 4.20. The van der Waals surface area contributed by atoms with Gasteiger partial charge >= 0.3 is 0 Å². The van der Waals surface area contributed by atoms with Crippen molar-refractivity contribution < 1.29 is 13.9 Å². The molecule has 126 valence electrons. The van der Waals surface area contributed by atoms with E-state index in [-0.39, 0.29) is 17.8 Å². The van der Waals surface area contributed by atoms with Crippen LogP contribution in [0.15, 0.2) is 30.5 Å². The number of aromatic nitrogens is 1.